The topological polar surface area (TPSA) is 66.8 Å². The summed E-state index contributed by atoms with van der Waals surface area (Å²) >= 11 is 0. The summed E-state index contributed by atoms with van der Waals surface area (Å²) in [5.74, 6) is -0.156. The van der Waals surface area contributed by atoms with E-state index in [2.05, 4.69) is 11.7 Å². The van der Waals surface area contributed by atoms with Crippen molar-refractivity contribution >= 4 is 5.97 Å². The van der Waals surface area contributed by atoms with Gasteiger partial charge in [0.1, 0.15) is 0 Å². The van der Waals surface area contributed by atoms with Crippen LogP contribution in [0.15, 0.2) is 12.2 Å². The number of ether oxygens (including phenoxy) is 1. The predicted molar refractivity (Wildman–Crippen MR) is 94.2 cm³/mol. The van der Waals surface area contributed by atoms with Crippen molar-refractivity contribution in [1.82, 2.24) is 0 Å². The van der Waals surface area contributed by atoms with Crippen molar-refractivity contribution in [3.63, 3.8) is 0 Å². The minimum atomic E-state index is -0.481. The molecule has 2 atom stereocenters. The van der Waals surface area contributed by atoms with Crippen molar-refractivity contribution in [1.29, 1.82) is 0 Å². The Labute approximate surface area is 141 Å². The predicted octanol–water partition coefficient (Wildman–Crippen LogP) is 4.14. The van der Waals surface area contributed by atoms with Crippen molar-refractivity contribution in [3.8, 4) is 0 Å². The normalized spacial score (nSPS) is 14.1. The summed E-state index contributed by atoms with van der Waals surface area (Å²) in [4.78, 5) is 10.9. The molecule has 0 aromatic rings. The van der Waals surface area contributed by atoms with Crippen LogP contribution in [-0.2, 0) is 9.53 Å². The van der Waals surface area contributed by atoms with Crippen LogP contribution in [-0.4, -0.2) is 35.5 Å². The summed E-state index contributed by atoms with van der Waals surface area (Å²) in [6, 6.07) is 0. The number of hydrogen-bond acceptors (Lipinski definition) is 4. The molecule has 4 nitrogen and oxygen atoms in total. The molecule has 0 spiro atoms. The second-order valence-corrected chi connectivity index (χ2v) is 6.25. The van der Waals surface area contributed by atoms with E-state index in [-0.39, 0.29) is 5.97 Å². The Morgan fingerprint density at radius 1 is 0.870 bits per heavy atom. The van der Waals surface area contributed by atoms with Gasteiger partial charge in [0.05, 0.1) is 19.3 Å². The molecule has 0 aromatic heterocycles. The van der Waals surface area contributed by atoms with Crippen LogP contribution in [0, 0.1) is 0 Å². The highest BCUT2D eigenvalue weighted by Gasteiger charge is 2.03. The second kappa shape index (κ2) is 16.0. The second-order valence-electron chi connectivity index (χ2n) is 6.25. The molecule has 0 bridgehead atoms. The zero-order chi connectivity index (χ0) is 17.3. The van der Waals surface area contributed by atoms with Crippen molar-refractivity contribution in [3.05, 3.63) is 12.2 Å². The van der Waals surface area contributed by atoms with Crippen molar-refractivity contribution in [2.45, 2.75) is 96.2 Å². The number of hydrogen-bond donors (Lipinski definition) is 2. The van der Waals surface area contributed by atoms with Crippen LogP contribution >= 0.6 is 0 Å². The van der Waals surface area contributed by atoms with Crippen LogP contribution in [0.2, 0.25) is 0 Å². The van der Waals surface area contributed by atoms with E-state index in [0.29, 0.717) is 12.8 Å². The van der Waals surface area contributed by atoms with Gasteiger partial charge in [-0.3, -0.25) is 4.79 Å². The third kappa shape index (κ3) is 15.8. The first-order valence-electron chi connectivity index (χ1n) is 9.21. The third-order valence-corrected chi connectivity index (χ3v) is 4.02. The zero-order valence-electron chi connectivity index (χ0n) is 15.0. The van der Waals surface area contributed by atoms with Crippen LogP contribution < -0.4 is 0 Å². The van der Waals surface area contributed by atoms with Gasteiger partial charge in [-0.25, -0.2) is 0 Å². The van der Waals surface area contributed by atoms with E-state index in [1.165, 1.54) is 32.8 Å². The maximum atomic E-state index is 10.9. The minimum Gasteiger partial charge on any atom is -0.469 e. The fraction of sp³-hybridized carbons (Fsp3) is 0.842. The molecule has 0 aromatic carbocycles. The smallest absolute Gasteiger partial charge is 0.305 e. The standard InChI is InChI=1S/C19H36O4/c1-3-4-5-6-9-12-17(20)15-16-18(21)13-10-7-8-11-14-19(22)23-2/h15-18,20-21H,3-14H2,1-2H3/b16-15-. The highest BCUT2D eigenvalue weighted by atomic mass is 16.5. The number of aliphatic hydroxyl groups is 2. The SMILES string of the molecule is CCCCCCCC(O)/C=C\C(O)CCCCCCC(=O)OC. The molecule has 0 aliphatic rings. The van der Waals surface area contributed by atoms with Gasteiger partial charge >= 0.3 is 5.97 Å². The van der Waals surface area contributed by atoms with Crippen LogP contribution in [0.3, 0.4) is 0 Å². The van der Waals surface area contributed by atoms with Crippen LogP contribution in [0.25, 0.3) is 0 Å². The molecule has 0 heterocycles. The van der Waals surface area contributed by atoms with E-state index in [0.717, 1.165) is 38.5 Å². The summed E-state index contributed by atoms with van der Waals surface area (Å²) in [7, 11) is 1.41. The fourth-order valence-corrected chi connectivity index (χ4v) is 2.48. The molecule has 0 amide bonds. The molecule has 23 heavy (non-hydrogen) atoms. The molecule has 0 saturated heterocycles. The van der Waals surface area contributed by atoms with Gasteiger partial charge in [-0.2, -0.15) is 0 Å². The molecule has 0 radical (unpaired) electrons. The van der Waals surface area contributed by atoms with Crippen LogP contribution in [0.5, 0.6) is 0 Å². The molecule has 0 rings (SSSR count). The summed E-state index contributed by atoms with van der Waals surface area (Å²) in [5.41, 5.74) is 0. The van der Waals surface area contributed by atoms with Gasteiger partial charge in [0, 0.05) is 6.42 Å². The average molecular weight is 328 g/mol. The van der Waals surface area contributed by atoms with E-state index in [1.54, 1.807) is 12.2 Å². The quantitative estimate of drug-likeness (QED) is 0.269. The number of unbranched alkanes of at least 4 members (excludes halogenated alkanes) is 7. The fourth-order valence-electron chi connectivity index (χ4n) is 2.48. The maximum Gasteiger partial charge on any atom is 0.305 e. The van der Waals surface area contributed by atoms with Gasteiger partial charge in [0.15, 0.2) is 0 Å². The Balaban J connectivity index is 3.52. The molecule has 0 aliphatic carbocycles. The van der Waals surface area contributed by atoms with Gasteiger partial charge in [-0.05, 0) is 19.3 Å². The largest absolute Gasteiger partial charge is 0.469 e. The molecular formula is C19H36O4. The molecule has 0 aliphatic heterocycles. The van der Waals surface area contributed by atoms with E-state index in [4.69, 9.17) is 0 Å². The number of esters is 1. The van der Waals surface area contributed by atoms with Gasteiger partial charge in [-0.1, -0.05) is 70.4 Å². The Bertz CT molecular complexity index is 302. The molecule has 0 fully saturated rings. The van der Waals surface area contributed by atoms with Crippen molar-refractivity contribution in [2.75, 3.05) is 7.11 Å². The van der Waals surface area contributed by atoms with E-state index in [9.17, 15) is 15.0 Å². The number of carbonyl (C=O) groups excluding carboxylic acids is 1. The first-order valence-corrected chi connectivity index (χ1v) is 9.21. The lowest BCUT2D eigenvalue weighted by atomic mass is 10.1. The van der Waals surface area contributed by atoms with Gasteiger partial charge in [0.2, 0.25) is 0 Å². The zero-order valence-corrected chi connectivity index (χ0v) is 15.0. The van der Waals surface area contributed by atoms with Crippen LogP contribution in [0.4, 0.5) is 0 Å². The number of carbonyl (C=O) groups is 1. The lowest BCUT2D eigenvalue weighted by molar-refractivity contribution is -0.140. The molecule has 0 saturated carbocycles. The lowest BCUT2D eigenvalue weighted by Gasteiger charge is -2.08. The van der Waals surface area contributed by atoms with Crippen LogP contribution in [0.1, 0.15) is 84.0 Å². The minimum absolute atomic E-state index is 0.156. The Morgan fingerprint density at radius 3 is 1.83 bits per heavy atom. The summed E-state index contributed by atoms with van der Waals surface area (Å²) in [6.45, 7) is 2.19. The lowest BCUT2D eigenvalue weighted by Crippen LogP contribution is -2.06. The van der Waals surface area contributed by atoms with E-state index >= 15 is 0 Å². The first-order chi connectivity index (χ1) is 11.1. The maximum absolute atomic E-state index is 10.9. The Hall–Kier alpha value is -0.870. The Kier molecular flexibility index (Phi) is 15.4. The van der Waals surface area contributed by atoms with E-state index in [1.807, 2.05) is 0 Å². The first kappa shape index (κ1) is 22.1. The number of aliphatic hydroxyl groups excluding tert-OH is 2. The molecule has 2 N–H and O–H groups in total. The average Bonchev–Trinajstić information content (AvgIpc) is 2.55. The third-order valence-electron chi connectivity index (χ3n) is 4.02. The molecule has 2 unspecified atom stereocenters. The number of methoxy groups -OCH3 is 1. The number of rotatable bonds is 15. The monoisotopic (exact) mass is 328 g/mol. The molecule has 4 heteroatoms. The van der Waals surface area contributed by atoms with E-state index < -0.39 is 12.2 Å². The molecular weight excluding hydrogens is 292 g/mol. The highest BCUT2D eigenvalue weighted by Crippen LogP contribution is 2.11. The Morgan fingerprint density at radius 2 is 1.35 bits per heavy atom. The summed E-state index contributed by atoms with van der Waals surface area (Å²) in [6.07, 6.45) is 14.2. The van der Waals surface area contributed by atoms with Crippen molar-refractivity contribution in [2.24, 2.45) is 0 Å². The summed E-state index contributed by atoms with van der Waals surface area (Å²) in [5, 5.41) is 19.7. The summed E-state index contributed by atoms with van der Waals surface area (Å²) < 4.78 is 4.58. The van der Waals surface area contributed by atoms with Crippen molar-refractivity contribution < 1.29 is 19.7 Å². The van der Waals surface area contributed by atoms with Gasteiger partial charge < -0.3 is 14.9 Å². The van der Waals surface area contributed by atoms with Gasteiger partial charge in [-0.15, -0.1) is 0 Å². The molecule has 136 valence electrons. The van der Waals surface area contributed by atoms with Gasteiger partial charge in [0.25, 0.3) is 0 Å². The highest BCUT2D eigenvalue weighted by molar-refractivity contribution is 5.68.